The largest absolute Gasteiger partial charge is 0.435 e. The molecular weight excluding hydrogens is 507 g/mol. The fourth-order valence-electron chi connectivity index (χ4n) is 4.57. The van der Waals surface area contributed by atoms with Gasteiger partial charge in [-0.2, -0.15) is 18.3 Å². The lowest BCUT2D eigenvalue weighted by Gasteiger charge is -2.11. The molecule has 0 atom stereocenters. The molecule has 39 heavy (non-hydrogen) atoms. The standard InChI is InChI=1S/C29H32F3N5O2/c1-4-12-36-19-23(27(35-36)29(30,31)32)25-18-34-28-24(33-11-13-37(25)28)17-20-9-10-22(21(6-3)16-20)26(38)8-7-15-39-14-5-2/h4,9-11,13,16,18-19H,1,5-8,12,14-15,17H2,2-3H3. The summed E-state index contributed by atoms with van der Waals surface area (Å²) in [6, 6.07) is 5.75. The molecule has 0 bridgehead atoms. The lowest BCUT2D eigenvalue weighted by molar-refractivity contribution is -0.141. The van der Waals surface area contributed by atoms with E-state index in [9.17, 15) is 18.0 Å². The number of alkyl halides is 3. The minimum Gasteiger partial charge on any atom is -0.381 e. The smallest absolute Gasteiger partial charge is 0.381 e. The van der Waals surface area contributed by atoms with E-state index in [4.69, 9.17) is 4.74 Å². The highest BCUT2D eigenvalue weighted by atomic mass is 19.4. The van der Waals surface area contributed by atoms with Gasteiger partial charge in [0.15, 0.2) is 17.1 Å². The van der Waals surface area contributed by atoms with Crippen LogP contribution in [0.15, 0.2) is 55.6 Å². The van der Waals surface area contributed by atoms with E-state index in [1.165, 1.54) is 23.2 Å². The Morgan fingerprint density at radius 3 is 2.72 bits per heavy atom. The number of aromatic nitrogens is 5. The molecule has 0 aliphatic carbocycles. The monoisotopic (exact) mass is 539 g/mol. The first kappa shape index (κ1) is 28.2. The van der Waals surface area contributed by atoms with Crippen molar-refractivity contribution in [2.24, 2.45) is 0 Å². The zero-order chi connectivity index (χ0) is 28.0. The number of allylic oxidation sites excluding steroid dienone is 1. The van der Waals surface area contributed by atoms with Crippen molar-refractivity contribution in [3.63, 3.8) is 0 Å². The van der Waals surface area contributed by atoms with Crippen LogP contribution in [-0.4, -0.2) is 43.1 Å². The number of hydrogen-bond acceptors (Lipinski definition) is 5. The summed E-state index contributed by atoms with van der Waals surface area (Å²) >= 11 is 0. The van der Waals surface area contributed by atoms with Crippen molar-refractivity contribution in [2.75, 3.05) is 13.2 Å². The summed E-state index contributed by atoms with van der Waals surface area (Å²) in [5.74, 6) is 0.0918. The second-order valence-corrected chi connectivity index (χ2v) is 9.27. The quantitative estimate of drug-likeness (QED) is 0.113. The van der Waals surface area contributed by atoms with E-state index in [0.717, 1.165) is 17.5 Å². The number of fused-ring (bicyclic) bond motifs is 1. The molecule has 0 fully saturated rings. The number of carbonyl (C=O) groups excluding carboxylic acids is 1. The van der Waals surface area contributed by atoms with Crippen LogP contribution in [0, 0.1) is 0 Å². The van der Waals surface area contributed by atoms with Gasteiger partial charge in [-0.1, -0.05) is 38.1 Å². The van der Waals surface area contributed by atoms with E-state index in [1.54, 1.807) is 16.8 Å². The van der Waals surface area contributed by atoms with Crippen LogP contribution in [-0.2, 0) is 30.3 Å². The molecule has 1 aromatic carbocycles. The summed E-state index contributed by atoms with van der Waals surface area (Å²) in [7, 11) is 0. The molecule has 0 unspecified atom stereocenters. The second-order valence-electron chi connectivity index (χ2n) is 9.27. The van der Waals surface area contributed by atoms with Gasteiger partial charge in [0, 0.05) is 50.2 Å². The molecule has 0 aliphatic rings. The van der Waals surface area contributed by atoms with Gasteiger partial charge in [0.2, 0.25) is 0 Å². The Hall–Kier alpha value is -3.79. The summed E-state index contributed by atoms with van der Waals surface area (Å²) in [6.45, 7) is 9.05. The molecule has 0 saturated carbocycles. The van der Waals surface area contributed by atoms with E-state index in [1.807, 2.05) is 32.0 Å². The average molecular weight is 540 g/mol. The van der Waals surface area contributed by atoms with Crippen LogP contribution in [0.3, 0.4) is 0 Å². The minimum atomic E-state index is -4.62. The number of aryl methyl sites for hydroxylation is 1. The number of benzene rings is 1. The number of ketones is 1. The molecular formula is C29H32F3N5O2. The lowest BCUT2D eigenvalue weighted by atomic mass is 9.95. The van der Waals surface area contributed by atoms with E-state index < -0.39 is 11.9 Å². The fourth-order valence-corrected chi connectivity index (χ4v) is 4.57. The van der Waals surface area contributed by atoms with Crippen LogP contribution in [0.2, 0.25) is 0 Å². The van der Waals surface area contributed by atoms with Crippen LogP contribution in [0.1, 0.15) is 66.0 Å². The average Bonchev–Trinajstić information content (AvgIpc) is 3.53. The number of rotatable bonds is 13. The van der Waals surface area contributed by atoms with Crippen molar-refractivity contribution in [3.8, 4) is 11.3 Å². The van der Waals surface area contributed by atoms with Crippen LogP contribution in [0.5, 0.6) is 0 Å². The highest BCUT2D eigenvalue weighted by Gasteiger charge is 2.38. The maximum atomic E-state index is 13.8. The van der Waals surface area contributed by atoms with Crippen molar-refractivity contribution >= 4 is 11.4 Å². The van der Waals surface area contributed by atoms with Crippen LogP contribution in [0.4, 0.5) is 13.2 Å². The van der Waals surface area contributed by atoms with E-state index >= 15 is 0 Å². The SMILES string of the molecule is C=CCn1cc(-c2cnc3c(Cc4ccc(C(=O)CCCOCCC)c(CC)c4)nccn23)c(C(F)(F)F)n1. The van der Waals surface area contributed by atoms with Crippen molar-refractivity contribution in [1.82, 2.24) is 24.1 Å². The summed E-state index contributed by atoms with van der Waals surface area (Å²) in [5.41, 5.74) is 2.91. The Balaban J connectivity index is 1.60. The first-order valence-electron chi connectivity index (χ1n) is 13.1. The highest BCUT2D eigenvalue weighted by molar-refractivity contribution is 5.97. The lowest BCUT2D eigenvalue weighted by Crippen LogP contribution is -2.09. The summed E-state index contributed by atoms with van der Waals surface area (Å²) in [4.78, 5) is 21.7. The van der Waals surface area contributed by atoms with E-state index in [2.05, 4.69) is 21.6 Å². The first-order valence-corrected chi connectivity index (χ1v) is 13.1. The zero-order valence-corrected chi connectivity index (χ0v) is 22.2. The molecule has 0 spiro atoms. The molecule has 4 rings (SSSR count). The predicted molar refractivity (Wildman–Crippen MR) is 143 cm³/mol. The Morgan fingerprint density at radius 2 is 2.00 bits per heavy atom. The predicted octanol–water partition coefficient (Wildman–Crippen LogP) is 6.34. The van der Waals surface area contributed by atoms with Gasteiger partial charge in [-0.3, -0.25) is 18.9 Å². The molecule has 7 nitrogen and oxygen atoms in total. The van der Waals surface area contributed by atoms with E-state index in [-0.39, 0.29) is 23.6 Å². The zero-order valence-electron chi connectivity index (χ0n) is 22.2. The van der Waals surface area contributed by atoms with Gasteiger partial charge < -0.3 is 4.74 Å². The number of imidazole rings is 1. The van der Waals surface area contributed by atoms with Crippen LogP contribution in [0.25, 0.3) is 16.9 Å². The Morgan fingerprint density at radius 1 is 1.18 bits per heavy atom. The topological polar surface area (TPSA) is 74.3 Å². The van der Waals surface area contributed by atoms with Gasteiger partial charge >= 0.3 is 6.18 Å². The third kappa shape index (κ3) is 6.44. The molecule has 0 amide bonds. The number of nitrogens with zero attached hydrogens (tertiary/aromatic N) is 5. The van der Waals surface area contributed by atoms with Crippen LogP contribution < -0.4 is 0 Å². The molecule has 0 radical (unpaired) electrons. The maximum Gasteiger partial charge on any atom is 0.435 e. The number of ether oxygens (including phenoxy) is 1. The molecule has 3 aromatic heterocycles. The van der Waals surface area contributed by atoms with Gasteiger partial charge in [-0.25, -0.2) is 4.98 Å². The molecule has 0 N–H and O–H groups in total. The van der Waals surface area contributed by atoms with Crippen molar-refractivity contribution in [3.05, 3.63) is 83.7 Å². The number of halogens is 3. The molecule has 0 saturated heterocycles. The Kier molecular flexibility index (Phi) is 8.96. The van der Waals surface area contributed by atoms with Gasteiger partial charge in [0.25, 0.3) is 0 Å². The van der Waals surface area contributed by atoms with E-state index in [0.29, 0.717) is 55.8 Å². The van der Waals surface area contributed by atoms with Crippen molar-refractivity contribution < 1.29 is 22.7 Å². The Bertz CT molecular complexity index is 1460. The third-order valence-corrected chi connectivity index (χ3v) is 6.39. The fraction of sp³-hybridized carbons (Fsp3) is 0.379. The molecule has 4 aromatic rings. The molecule has 10 heteroatoms. The number of Topliss-reactive ketones (excluding diaryl/α,β-unsaturated/α-hetero) is 1. The minimum absolute atomic E-state index is 0.0646. The molecule has 206 valence electrons. The third-order valence-electron chi connectivity index (χ3n) is 6.39. The summed E-state index contributed by atoms with van der Waals surface area (Å²) in [5, 5.41) is 3.73. The van der Waals surface area contributed by atoms with Gasteiger partial charge in [0.1, 0.15) is 0 Å². The molecule has 3 heterocycles. The normalized spacial score (nSPS) is 11.8. The van der Waals surface area contributed by atoms with Crippen molar-refractivity contribution in [2.45, 2.75) is 58.7 Å². The first-order chi connectivity index (χ1) is 18.8. The molecule has 0 aliphatic heterocycles. The summed E-state index contributed by atoms with van der Waals surface area (Å²) < 4.78 is 49.6. The van der Waals surface area contributed by atoms with Crippen LogP contribution >= 0.6 is 0 Å². The number of carbonyl (C=O) groups is 1. The highest BCUT2D eigenvalue weighted by Crippen LogP contribution is 2.36. The number of hydrogen-bond donors (Lipinski definition) is 0. The Labute approximate surface area is 225 Å². The van der Waals surface area contributed by atoms with Gasteiger partial charge in [-0.05, 0) is 30.4 Å². The van der Waals surface area contributed by atoms with Gasteiger partial charge in [0.05, 0.1) is 29.7 Å². The second kappa shape index (κ2) is 12.4. The van der Waals surface area contributed by atoms with Crippen molar-refractivity contribution in [1.29, 1.82) is 0 Å². The van der Waals surface area contributed by atoms with Gasteiger partial charge in [-0.15, -0.1) is 6.58 Å². The maximum absolute atomic E-state index is 13.8. The summed E-state index contributed by atoms with van der Waals surface area (Å²) in [6.07, 6.45) is 5.94.